The number of nitrogens with zero attached hydrogens (tertiary/aromatic N) is 2. The van der Waals surface area contributed by atoms with Crippen LogP contribution in [0.4, 0.5) is 0 Å². The number of carbonyl (C=O) groups excluding carboxylic acids is 2. The van der Waals surface area contributed by atoms with Gasteiger partial charge in [-0.15, -0.1) is 11.3 Å². The lowest BCUT2D eigenvalue weighted by Crippen LogP contribution is -2.32. The first-order valence-electron chi connectivity index (χ1n) is 10.9. The summed E-state index contributed by atoms with van der Waals surface area (Å²) in [5, 5.41) is 4.95. The number of thiazole rings is 1. The van der Waals surface area contributed by atoms with Gasteiger partial charge in [0.2, 0.25) is 0 Å². The zero-order valence-corrected chi connectivity index (χ0v) is 19.6. The van der Waals surface area contributed by atoms with E-state index in [1.807, 2.05) is 41.1 Å². The predicted octanol–water partition coefficient (Wildman–Crippen LogP) is 3.56. The maximum atomic E-state index is 12.9. The van der Waals surface area contributed by atoms with Gasteiger partial charge in [0, 0.05) is 35.4 Å². The van der Waals surface area contributed by atoms with Gasteiger partial charge in [-0.25, -0.2) is 0 Å². The van der Waals surface area contributed by atoms with Crippen LogP contribution < -0.4 is 14.9 Å². The van der Waals surface area contributed by atoms with Gasteiger partial charge in [0.15, 0.2) is 4.80 Å². The third-order valence-corrected chi connectivity index (χ3v) is 6.59. The van der Waals surface area contributed by atoms with Gasteiger partial charge in [-0.2, -0.15) is 4.99 Å². The van der Waals surface area contributed by atoms with Crippen molar-refractivity contribution in [3.8, 4) is 5.75 Å². The van der Waals surface area contributed by atoms with E-state index in [4.69, 9.17) is 9.47 Å². The van der Waals surface area contributed by atoms with Gasteiger partial charge in [0.1, 0.15) is 5.75 Å². The van der Waals surface area contributed by atoms with Crippen molar-refractivity contribution >= 4 is 23.2 Å². The summed E-state index contributed by atoms with van der Waals surface area (Å²) in [6.45, 7) is 3.66. The smallest absolute Gasteiger partial charge is 0.279 e. The van der Waals surface area contributed by atoms with Crippen LogP contribution in [0, 0.1) is 6.92 Å². The molecule has 0 spiro atoms. The number of ether oxygens (including phenoxy) is 2. The van der Waals surface area contributed by atoms with Crippen LogP contribution in [0.5, 0.6) is 5.75 Å². The van der Waals surface area contributed by atoms with E-state index < -0.39 is 0 Å². The van der Waals surface area contributed by atoms with Crippen molar-refractivity contribution in [2.75, 3.05) is 20.3 Å². The lowest BCUT2D eigenvalue weighted by atomic mass is 10.1. The van der Waals surface area contributed by atoms with Crippen molar-refractivity contribution in [1.82, 2.24) is 9.88 Å². The maximum Gasteiger partial charge on any atom is 0.279 e. The van der Waals surface area contributed by atoms with E-state index in [0.717, 1.165) is 30.7 Å². The van der Waals surface area contributed by atoms with Crippen molar-refractivity contribution in [2.24, 2.45) is 4.99 Å². The molecule has 2 amide bonds. The van der Waals surface area contributed by atoms with Crippen LogP contribution in [0.2, 0.25) is 0 Å². The van der Waals surface area contributed by atoms with Crippen molar-refractivity contribution in [1.29, 1.82) is 0 Å². The van der Waals surface area contributed by atoms with Crippen molar-refractivity contribution in [3.63, 3.8) is 0 Å². The number of rotatable bonds is 7. The average molecular weight is 466 g/mol. The third kappa shape index (κ3) is 5.58. The minimum atomic E-state index is -0.341. The fourth-order valence-corrected chi connectivity index (χ4v) is 4.63. The summed E-state index contributed by atoms with van der Waals surface area (Å²) in [4.78, 5) is 30.6. The molecule has 33 heavy (non-hydrogen) atoms. The predicted molar refractivity (Wildman–Crippen MR) is 127 cm³/mol. The summed E-state index contributed by atoms with van der Waals surface area (Å²) in [5.74, 6) is 0.141. The molecule has 1 saturated heterocycles. The number of benzene rings is 2. The maximum absolute atomic E-state index is 12.9. The molecule has 0 bridgehead atoms. The fourth-order valence-electron chi connectivity index (χ4n) is 3.76. The Morgan fingerprint density at radius 2 is 2.09 bits per heavy atom. The van der Waals surface area contributed by atoms with Crippen LogP contribution in [0.15, 0.2) is 58.9 Å². The van der Waals surface area contributed by atoms with E-state index in [2.05, 4.69) is 10.3 Å². The van der Waals surface area contributed by atoms with E-state index >= 15 is 0 Å². The monoisotopic (exact) mass is 465 g/mol. The minimum absolute atomic E-state index is 0.0858. The van der Waals surface area contributed by atoms with E-state index in [1.54, 1.807) is 31.4 Å². The minimum Gasteiger partial charge on any atom is -0.497 e. The molecule has 8 heteroatoms. The van der Waals surface area contributed by atoms with Crippen LogP contribution >= 0.6 is 11.3 Å². The normalized spacial score (nSPS) is 16.1. The first kappa shape index (κ1) is 22.9. The van der Waals surface area contributed by atoms with Crippen LogP contribution in [0.1, 0.15) is 44.8 Å². The third-order valence-electron chi connectivity index (χ3n) is 5.61. The molecule has 0 aliphatic carbocycles. The highest BCUT2D eigenvalue weighted by atomic mass is 32.1. The van der Waals surface area contributed by atoms with Gasteiger partial charge in [0.25, 0.3) is 11.8 Å². The average Bonchev–Trinajstić information content (AvgIpc) is 3.48. The summed E-state index contributed by atoms with van der Waals surface area (Å²) in [6.07, 6.45) is 2.09. The number of nitrogens with one attached hydrogen (secondary N) is 1. The van der Waals surface area contributed by atoms with Crippen molar-refractivity contribution < 1.29 is 19.1 Å². The zero-order chi connectivity index (χ0) is 23.2. The molecule has 0 saturated carbocycles. The summed E-state index contributed by atoms with van der Waals surface area (Å²) in [5.41, 5.74) is 2.89. The Kier molecular flexibility index (Phi) is 7.36. The fraction of sp³-hybridized carbons (Fsp3) is 0.320. The lowest BCUT2D eigenvalue weighted by molar-refractivity contribution is 0.0856. The molecule has 1 atom stereocenters. The molecule has 3 aromatic rings. The summed E-state index contributed by atoms with van der Waals surface area (Å²) in [6, 6.07) is 14.4. The molecule has 7 nitrogen and oxygen atoms in total. The number of amides is 2. The molecule has 2 heterocycles. The molecule has 1 fully saturated rings. The van der Waals surface area contributed by atoms with E-state index in [0.29, 0.717) is 34.8 Å². The lowest BCUT2D eigenvalue weighted by Gasteiger charge is -2.14. The summed E-state index contributed by atoms with van der Waals surface area (Å²) in [7, 11) is 1.56. The highest BCUT2D eigenvalue weighted by Gasteiger charge is 2.18. The van der Waals surface area contributed by atoms with Gasteiger partial charge in [-0.3, -0.25) is 9.59 Å². The number of methoxy groups -OCH3 is 1. The molecule has 4 rings (SSSR count). The molecular weight excluding hydrogens is 438 g/mol. The first-order chi connectivity index (χ1) is 16.0. The van der Waals surface area contributed by atoms with Gasteiger partial charge in [-0.1, -0.05) is 24.3 Å². The Morgan fingerprint density at radius 3 is 2.88 bits per heavy atom. The Labute approximate surface area is 196 Å². The summed E-state index contributed by atoms with van der Waals surface area (Å²) >= 11 is 1.40. The van der Waals surface area contributed by atoms with E-state index in [1.165, 1.54) is 11.3 Å². The molecule has 1 aliphatic rings. The highest BCUT2D eigenvalue weighted by Crippen LogP contribution is 2.16. The molecule has 1 aliphatic heterocycles. The van der Waals surface area contributed by atoms with Crippen LogP contribution in [0.25, 0.3) is 0 Å². The quantitative estimate of drug-likeness (QED) is 0.578. The zero-order valence-electron chi connectivity index (χ0n) is 18.7. The highest BCUT2D eigenvalue weighted by molar-refractivity contribution is 7.07. The van der Waals surface area contributed by atoms with E-state index in [9.17, 15) is 9.59 Å². The Balaban J connectivity index is 1.57. The van der Waals surface area contributed by atoms with Gasteiger partial charge < -0.3 is 19.4 Å². The summed E-state index contributed by atoms with van der Waals surface area (Å²) < 4.78 is 12.8. The second-order valence-corrected chi connectivity index (χ2v) is 8.73. The van der Waals surface area contributed by atoms with Crippen LogP contribution in [0.3, 0.4) is 0 Å². The number of aryl methyl sites for hydroxylation is 1. The van der Waals surface area contributed by atoms with Gasteiger partial charge in [-0.05, 0) is 49.6 Å². The molecule has 0 radical (unpaired) electrons. The number of hydrogen-bond donors (Lipinski definition) is 1. The second-order valence-electron chi connectivity index (χ2n) is 7.90. The number of aromatic nitrogens is 1. The standard InChI is InChI=1S/C25H27N3O4S/c1-17-16-33-25(27-23(29)18-8-5-9-20(13-18)31-2)28(17)15-19-7-3-4-11-22(19)24(30)26-14-21-10-6-12-32-21/h3-5,7-9,11,13,16,21H,6,10,12,14-15H2,1-2H3,(H,26,30). The number of hydrogen-bond acceptors (Lipinski definition) is 5. The second kappa shape index (κ2) is 10.6. The largest absolute Gasteiger partial charge is 0.497 e. The SMILES string of the molecule is COc1cccc(C(=O)N=c2scc(C)n2Cc2ccccc2C(=O)NCC2CCCO2)c1. The molecular formula is C25H27N3O4S. The molecule has 1 aromatic heterocycles. The molecule has 1 N–H and O–H groups in total. The van der Waals surface area contributed by atoms with Crippen LogP contribution in [-0.4, -0.2) is 42.7 Å². The number of carbonyl (C=O) groups is 2. The topological polar surface area (TPSA) is 81.9 Å². The molecule has 2 aromatic carbocycles. The van der Waals surface area contributed by atoms with Gasteiger partial charge >= 0.3 is 0 Å². The molecule has 172 valence electrons. The van der Waals surface area contributed by atoms with Crippen LogP contribution in [-0.2, 0) is 11.3 Å². The van der Waals surface area contributed by atoms with Crippen molar-refractivity contribution in [2.45, 2.75) is 32.4 Å². The van der Waals surface area contributed by atoms with E-state index in [-0.39, 0.29) is 17.9 Å². The molecule has 1 unspecified atom stereocenters. The Morgan fingerprint density at radius 1 is 1.24 bits per heavy atom. The van der Waals surface area contributed by atoms with Gasteiger partial charge in [0.05, 0.1) is 19.8 Å². The van der Waals surface area contributed by atoms with Crippen molar-refractivity contribution in [3.05, 3.63) is 81.1 Å². The Bertz CT molecular complexity index is 1210. The first-order valence-corrected chi connectivity index (χ1v) is 11.8. The Hall–Kier alpha value is -3.23.